The number of piperidine rings is 1. The Morgan fingerprint density at radius 2 is 2.29 bits per heavy atom. The highest BCUT2D eigenvalue weighted by Crippen LogP contribution is 2.12. The maximum atomic E-state index is 11.8. The van der Waals surface area contributed by atoms with E-state index in [9.17, 15) is 4.79 Å². The van der Waals surface area contributed by atoms with Gasteiger partial charge in [0.2, 0.25) is 0 Å². The molecule has 0 aromatic carbocycles. The third-order valence-electron chi connectivity index (χ3n) is 3.14. The Kier molecular flexibility index (Phi) is 4.14. The molecule has 17 heavy (non-hydrogen) atoms. The first-order valence-corrected chi connectivity index (χ1v) is 6.20. The number of hydrogen-bond donors (Lipinski definition) is 1. The van der Waals surface area contributed by atoms with Gasteiger partial charge in [0, 0.05) is 18.9 Å². The minimum absolute atomic E-state index is 0.135. The van der Waals surface area contributed by atoms with E-state index >= 15 is 0 Å². The van der Waals surface area contributed by atoms with Crippen LogP contribution in [0.5, 0.6) is 5.88 Å². The Hall–Kier alpha value is -1.36. The van der Waals surface area contributed by atoms with Crippen molar-refractivity contribution < 1.29 is 4.74 Å². The van der Waals surface area contributed by atoms with Gasteiger partial charge in [0.25, 0.3) is 5.88 Å². The third-order valence-corrected chi connectivity index (χ3v) is 3.14. The second kappa shape index (κ2) is 5.82. The minimum atomic E-state index is -0.135. The Morgan fingerprint density at radius 3 is 3.00 bits per heavy atom. The van der Waals surface area contributed by atoms with Gasteiger partial charge in [-0.15, -0.1) is 0 Å². The monoisotopic (exact) mass is 237 g/mol. The van der Waals surface area contributed by atoms with Crippen molar-refractivity contribution in [2.75, 3.05) is 19.7 Å². The van der Waals surface area contributed by atoms with E-state index in [0.29, 0.717) is 19.1 Å². The van der Waals surface area contributed by atoms with Crippen molar-refractivity contribution >= 4 is 0 Å². The van der Waals surface area contributed by atoms with Gasteiger partial charge in [-0.3, -0.25) is 4.79 Å². The molecule has 1 aliphatic heterocycles. The lowest BCUT2D eigenvalue weighted by Crippen LogP contribution is -2.31. The third kappa shape index (κ3) is 3.06. The summed E-state index contributed by atoms with van der Waals surface area (Å²) < 4.78 is 7.15. The van der Waals surface area contributed by atoms with Crippen molar-refractivity contribution in [1.82, 2.24) is 14.9 Å². The second-order valence-electron chi connectivity index (χ2n) is 4.33. The second-order valence-corrected chi connectivity index (χ2v) is 4.33. The zero-order chi connectivity index (χ0) is 12.1. The molecule has 1 N–H and O–H groups in total. The van der Waals surface area contributed by atoms with E-state index in [2.05, 4.69) is 10.3 Å². The largest absolute Gasteiger partial charge is 0.473 e. The minimum Gasteiger partial charge on any atom is -0.473 e. The number of hydrogen-bond acceptors (Lipinski definition) is 4. The molecule has 1 aromatic rings. The van der Waals surface area contributed by atoms with Crippen LogP contribution < -0.4 is 15.6 Å². The first-order chi connectivity index (χ1) is 8.31. The van der Waals surface area contributed by atoms with Gasteiger partial charge in [-0.05, 0) is 38.8 Å². The number of aromatic nitrogens is 2. The van der Waals surface area contributed by atoms with E-state index in [4.69, 9.17) is 4.74 Å². The highest BCUT2D eigenvalue weighted by atomic mass is 16.5. The van der Waals surface area contributed by atoms with Crippen LogP contribution in [-0.4, -0.2) is 29.2 Å². The first kappa shape index (κ1) is 12.1. The van der Waals surface area contributed by atoms with Gasteiger partial charge in [-0.25, -0.2) is 4.98 Å². The van der Waals surface area contributed by atoms with Crippen LogP contribution in [0.25, 0.3) is 0 Å². The van der Waals surface area contributed by atoms with Gasteiger partial charge >= 0.3 is 5.56 Å². The standard InChI is InChI=1S/C12H19N3O2/c1-2-15-8-7-14-11(12(15)16)17-9-10-3-5-13-6-4-10/h7-8,10,13H,2-6,9H2,1H3. The fraction of sp³-hybridized carbons (Fsp3) is 0.667. The lowest BCUT2D eigenvalue weighted by Gasteiger charge is -2.22. The van der Waals surface area contributed by atoms with Gasteiger partial charge in [0.15, 0.2) is 0 Å². The van der Waals surface area contributed by atoms with Gasteiger partial charge in [0.05, 0.1) is 6.61 Å². The molecular formula is C12H19N3O2. The van der Waals surface area contributed by atoms with Crippen molar-refractivity contribution in [1.29, 1.82) is 0 Å². The molecule has 2 rings (SSSR count). The maximum absolute atomic E-state index is 11.8. The molecule has 5 heteroatoms. The number of nitrogens with one attached hydrogen (secondary N) is 1. The summed E-state index contributed by atoms with van der Waals surface area (Å²) in [6, 6.07) is 0. The zero-order valence-electron chi connectivity index (χ0n) is 10.2. The molecule has 94 valence electrons. The highest BCUT2D eigenvalue weighted by molar-refractivity contribution is 5.04. The van der Waals surface area contributed by atoms with Crippen LogP contribution in [0.15, 0.2) is 17.2 Å². The van der Waals surface area contributed by atoms with Crippen LogP contribution in [0.4, 0.5) is 0 Å². The predicted octanol–water partition coefficient (Wildman–Crippen LogP) is 0.642. The van der Waals surface area contributed by atoms with Crippen molar-refractivity contribution in [3.8, 4) is 5.88 Å². The van der Waals surface area contributed by atoms with Crippen LogP contribution in [0.3, 0.4) is 0 Å². The summed E-state index contributed by atoms with van der Waals surface area (Å²) in [6.45, 7) is 5.24. The summed E-state index contributed by atoms with van der Waals surface area (Å²) >= 11 is 0. The van der Waals surface area contributed by atoms with Crippen LogP contribution in [0, 0.1) is 5.92 Å². The van der Waals surface area contributed by atoms with Crippen LogP contribution >= 0.6 is 0 Å². The molecule has 0 bridgehead atoms. The topological polar surface area (TPSA) is 56.1 Å². The molecule has 0 atom stereocenters. The Bertz CT molecular complexity index is 410. The Labute approximate surface area is 101 Å². The SMILES string of the molecule is CCn1ccnc(OCC2CCNCC2)c1=O. The molecule has 2 heterocycles. The molecule has 0 amide bonds. The molecule has 5 nitrogen and oxygen atoms in total. The van der Waals surface area contributed by atoms with Crippen molar-refractivity contribution in [2.45, 2.75) is 26.3 Å². The van der Waals surface area contributed by atoms with Gasteiger partial charge in [0.1, 0.15) is 0 Å². The molecule has 0 saturated carbocycles. The maximum Gasteiger partial charge on any atom is 0.313 e. The molecular weight excluding hydrogens is 218 g/mol. The summed E-state index contributed by atoms with van der Waals surface area (Å²) in [5.41, 5.74) is -0.135. The van der Waals surface area contributed by atoms with Gasteiger partial charge in [-0.2, -0.15) is 0 Å². The molecule has 1 fully saturated rings. The first-order valence-electron chi connectivity index (χ1n) is 6.20. The Balaban J connectivity index is 1.96. The smallest absolute Gasteiger partial charge is 0.313 e. The van der Waals surface area contributed by atoms with E-state index < -0.39 is 0 Å². The van der Waals surface area contributed by atoms with E-state index in [0.717, 1.165) is 25.9 Å². The average molecular weight is 237 g/mol. The quantitative estimate of drug-likeness (QED) is 0.835. The lowest BCUT2D eigenvalue weighted by atomic mass is 9.99. The summed E-state index contributed by atoms with van der Waals surface area (Å²) in [7, 11) is 0. The number of aryl methyl sites for hydroxylation is 1. The van der Waals surface area contributed by atoms with Crippen LogP contribution in [0.2, 0.25) is 0 Å². The fourth-order valence-corrected chi connectivity index (χ4v) is 2.02. The van der Waals surface area contributed by atoms with Crippen molar-refractivity contribution in [3.63, 3.8) is 0 Å². The number of rotatable bonds is 4. The van der Waals surface area contributed by atoms with Crippen molar-refractivity contribution in [3.05, 3.63) is 22.7 Å². The molecule has 1 aromatic heterocycles. The van der Waals surface area contributed by atoms with Gasteiger partial charge < -0.3 is 14.6 Å². The molecule has 1 aliphatic rings. The van der Waals surface area contributed by atoms with E-state index in [-0.39, 0.29) is 11.4 Å². The van der Waals surface area contributed by atoms with E-state index in [1.165, 1.54) is 0 Å². The summed E-state index contributed by atoms with van der Waals surface area (Å²) in [6.07, 6.45) is 5.51. The van der Waals surface area contributed by atoms with E-state index in [1.54, 1.807) is 17.0 Å². The number of ether oxygens (including phenoxy) is 1. The molecule has 0 aliphatic carbocycles. The summed E-state index contributed by atoms with van der Waals surface area (Å²) in [5.74, 6) is 0.764. The molecule has 0 unspecified atom stereocenters. The average Bonchev–Trinajstić information content (AvgIpc) is 2.39. The highest BCUT2D eigenvalue weighted by Gasteiger charge is 2.15. The van der Waals surface area contributed by atoms with Crippen LogP contribution in [0.1, 0.15) is 19.8 Å². The normalized spacial score (nSPS) is 17.0. The summed E-state index contributed by atoms with van der Waals surface area (Å²) in [5, 5.41) is 3.31. The molecule has 1 saturated heterocycles. The molecule has 0 radical (unpaired) electrons. The summed E-state index contributed by atoms with van der Waals surface area (Å²) in [4.78, 5) is 15.8. The zero-order valence-corrected chi connectivity index (χ0v) is 10.2. The fourth-order valence-electron chi connectivity index (χ4n) is 2.02. The lowest BCUT2D eigenvalue weighted by molar-refractivity contribution is 0.205. The Morgan fingerprint density at radius 1 is 1.53 bits per heavy atom. The predicted molar refractivity (Wildman–Crippen MR) is 65.3 cm³/mol. The molecule has 0 spiro atoms. The van der Waals surface area contributed by atoms with Gasteiger partial charge in [-0.1, -0.05) is 0 Å². The number of nitrogens with zero attached hydrogens (tertiary/aromatic N) is 2. The van der Waals surface area contributed by atoms with Crippen molar-refractivity contribution in [2.24, 2.45) is 5.92 Å². The van der Waals surface area contributed by atoms with Crippen LogP contribution in [-0.2, 0) is 6.54 Å². The van der Waals surface area contributed by atoms with E-state index in [1.807, 2.05) is 6.92 Å².